The van der Waals surface area contributed by atoms with Crippen molar-refractivity contribution >= 4 is 398 Å². The molecule has 0 aliphatic heterocycles. The molecule has 0 fully saturated rings. The van der Waals surface area contributed by atoms with Crippen molar-refractivity contribution in [3.8, 4) is 0 Å². The van der Waals surface area contributed by atoms with Crippen molar-refractivity contribution in [1.82, 2.24) is 0 Å². The van der Waals surface area contributed by atoms with Crippen LogP contribution in [0.4, 0.5) is 0 Å². The van der Waals surface area contributed by atoms with Crippen LogP contribution >= 0.6 is 398 Å². The van der Waals surface area contributed by atoms with Gasteiger partial charge in [0.25, 0.3) is 0 Å². The molecule has 0 aromatic carbocycles. The summed E-state index contributed by atoms with van der Waals surface area (Å²) in [6.07, 6.45) is 0. The number of alkyl halides is 23. The first-order valence-corrected chi connectivity index (χ1v) is 27.3. The largest absolute Gasteiger partial charge is 0.162 e. The Kier molecular flexibility index (Phi) is 21.4. The smallest absolute Gasteiger partial charge is 0.0675 e. The minimum Gasteiger partial charge on any atom is -0.0675 e. The van der Waals surface area contributed by atoms with E-state index in [0.29, 0.717) is 3.74 Å². The first kappa shape index (κ1) is 49.0. The second-order valence-corrected chi connectivity index (χ2v) is 50.3. The molecule has 0 bridgehead atoms. The van der Waals surface area contributed by atoms with Gasteiger partial charge in [-0.3, -0.25) is 0 Å². The van der Waals surface area contributed by atoms with Crippen LogP contribution in [-0.4, -0.2) is 34.5 Å². The Morgan fingerprint density at radius 2 is 0.405 bits per heavy atom. The highest BCUT2D eigenvalue weighted by molar-refractivity contribution is 9.42. The van der Waals surface area contributed by atoms with Crippen molar-refractivity contribution in [2.24, 2.45) is 0 Å². The molecule has 0 nitrogen and oxygen atoms in total. The fourth-order valence-corrected chi connectivity index (χ4v) is 25.0. The third kappa shape index (κ3) is 8.71. The quantitative estimate of drug-likeness (QED) is 0.191. The summed E-state index contributed by atoms with van der Waals surface area (Å²) in [6.45, 7) is 0. The summed E-state index contributed by atoms with van der Waals surface area (Å²) in [4.78, 5) is 0. The van der Waals surface area contributed by atoms with Crippen LogP contribution < -0.4 is 0 Å². The number of hydrogen-bond acceptors (Lipinski definition) is 0. The maximum absolute atomic E-state index is 3.93. The van der Waals surface area contributed by atoms with Crippen LogP contribution in [0.15, 0.2) is 0 Å². The van der Waals surface area contributed by atoms with Gasteiger partial charge in [0.1, 0.15) is 36.1 Å². The Labute approximate surface area is 425 Å². The summed E-state index contributed by atoms with van der Waals surface area (Å²) in [5.74, 6) is 0. The maximum atomic E-state index is 3.93. The van der Waals surface area contributed by atoms with E-state index in [1.54, 1.807) is 0 Å². The predicted octanol–water partition coefficient (Wildman–Crippen LogP) is 19.0. The molecule has 1 radical (unpaired) electrons. The van der Waals surface area contributed by atoms with Crippen molar-refractivity contribution in [2.45, 2.75) is 34.5 Å². The molecule has 25 heteroatoms. The molecule has 0 aliphatic rings. The zero-order valence-corrected chi connectivity index (χ0v) is 55.1. The van der Waals surface area contributed by atoms with E-state index < -0.39 is 34.5 Å². The van der Waals surface area contributed by atoms with Crippen molar-refractivity contribution in [2.75, 3.05) is 0 Å². The van der Waals surface area contributed by atoms with Gasteiger partial charge >= 0.3 is 0 Å². The normalized spacial score (nSPS) is 17.0. The Morgan fingerprint density at radius 1 is 0.243 bits per heavy atom. The second-order valence-electron chi connectivity index (χ2n) is 6.50. The van der Waals surface area contributed by atoms with Gasteiger partial charge in [-0.2, -0.15) is 0 Å². The Balaban J connectivity index is 7.22. The first-order chi connectivity index (χ1) is 15.4. The van der Waals surface area contributed by atoms with Crippen LogP contribution in [0.1, 0.15) is 0 Å². The van der Waals surface area contributed by atoms with Crippen molar-refractivity contribution in [3.05, 3.63) is 3.74 Å². The van der Waals surface area contributed by atoms with Crippen molar-refractivity contribution < 1.29 is 0 Å². The molecular weight excluding hydrogens is 2140 g/mol. The molecule has 0 atom stereocenters. The maximum Gasteiger partial charge on any atom is 0.162 e. The lowest BCUT2D eigenvalue weighted by Gasteiger charge is -2.60. The van der Waals surface area contributed by atoms with Gasteiger partial charge in [0, 0.05) is 0 Å². The summed E-state index contributed by atoms with van der Waals surface area (Å²) >= 11 is 95.0. The van der Waals surface area contributed by atoms with Crippen LogP contribution in [0.25, 0.3) is 0 Å². The van der Waals surface area contributed by atoms with Gasteiger partial charge in [-0.1, -0.05) is 398 Å². The number of halogens is 25. The molecule has 0 unspecified atom stereocenters. The fraction of sp³-hybridized carbons (Fsp3) is 0.917. The molecule has 0 heterocycles. The van der Waals surface area contributed by atoms with E-state index in [-0.39, 0.29) is 0 Å². The van der Waals surface area contributed by atoms with Crippen LogP contribution in [0.5, 0.6) is 0 Å². The highest BCUT2D eigenvalue weighted by Gasteiger charge is 2.81. The average Bonchev–Trinajstić information content (AvgIpc) is 2.65. The summed E-state index contributed by atoms with van der Waals surface area (Å²) < 4.78 is -10.8. The molecule has 37 heavy (non-hydrogen) atoms. The highest BCUT2D eigenvalue weighted by atomic mass is 80.0. The third-order valence-corrected chi connectivity index (χ3v) is 55.0. The molecule has 223 valence electrons. The molecule has 0 saturated carbocycles. The topological polar surface area (TPSA) is 0 Å². The Bertz CT molecular complexity index is 825. The van der Waals surface area contributed by atoms with E-state index >= 15 is 0 Å². The summed E-state index contributed by atoms with van der Waals surface area (Å²) in [5.41, 5.74) is 0. The van der Waals surface area contributed by atoms with E-state index in [0.717, 1.165) is 0 Å². The summed E-state index contributed by atoms with van der Waals surface area (Å²) in [6, 6.07) is 0. The lowest BCUT2D eigenvalue weighted by Crippen LogP contribution is -2.71. The Hall–Kier alpha value is 12.0. The predicted molar refractivity (Wildman–Crippen MR) is 256 cm³/mol. The van der Waals surface area contributed by atoms with E-state index in [1.807, 2.05) is 0 Å². The van der Waals surface area contributed by atoms with Crippen molar-refractivity contribution in [3.63, 3.8) is 0 Å². The standard InChI is InChI=1S/C12Br25/c13-1(14)2(15,16)3(17,18)4(19,20)5(21,22)6(23,24)7(25,26)8(27,28)9(29,30)10(31,32)11(33,34)12(35,36)37. The van der Waals surface area contributed by atoms with E-state index in [9.17, 15) is 0 Å². The molecule has 0 aromatic heterocycles. The van der Waals surface area contributed by atoms with E-state index in [4.69, 9.17) is 0 Å². The molecule has 0 N–H and O–H groups in total. The highest BCUT2D eigenvalue weighted by Crippen LogP contribution is 2.81. The zero-order valence-electron chi connectivity index (χ0n) is 15.4. The molecule has 0 rings (SSSR count). The molecule has 0 aromatic rings. The minimum atomic E-state index is -1.16. The van der Waals surface area contributed by atoms with Gasteiger partial charge in [-0.15, -0.1) is 0 Å². The Morgan fingerprint density at radius 3 is 0.568 bits per heavy atom. The monoisotopic (exact) mass is 2120 g/mol. The summed E-state index contributed by atoms with van der Waals surface area (Å²) in [5, 5.41) is 0. The number of rotatable bonds is 10. The van der Waals surface area contributed by atoms with Crippen LogP contribution in [-0.2, 0) is 0 Å². The minimum absolute atomic E-state index is 0.659. The fourth-order valence-electron chi connectivity index (χ4n) is 1.87. The third-order valence-electron chi connectivity index (χ3n) is 4.14. The van der Waals surface area contributed by atoms with Crippen LogP contribution in [0.3, 0.4) is 0 Å². The van der Waals surface area contributed by atoms with Gasteiger partial charge in [0.05, 0.1) is 0 Å². The lowest BCUT2D eigenvalue weighted by molar-refractivity contribution is 0.554. The first-order valence-electron chi connectivity index (χ1n) is 7.47. The SMILES string of the molecule is Br[C](Br)C(Br)(Br)C(Br)(Br)C(Br)(Br)C(Br)(Br)C(Br)(Br)C(Br)(Br)C(Br)(Br)C(Br)(Br)C(Br)(Br)C(Br)(Br)C(Br)(Br)Br. The molecule has 0 amide bonds. The van der Waals surface area contributed by atoms with Crippen LogP contribution in [0, 0.1) is 3.74 Å². The van der Waals surface area contributed by atoms with Gasteiger partial charge in [-0.25, -0.2) is 0 Å². The van der Waals surface area contributed by atoms with Crippen LogP contribution in [0.2, 0.25) is 0 Å². The second kappa shape index (κ2) is 16.2. The van der Waals surface area contributed by atoms with Gasteiger partial charge < -0.3 is 0 Å². The summed E-state index contributed by atoms with van der Waals surface area (Å²) in [7, 11) is 0. The van der Waals surface area contributed by atoms with Crippen molar-refractivity contribution in [1.29, 1.82) is 0 Å². The molecule has 0 spiro atoms. The van der Waals surface area contributed by atoms with Gasteiger partial charge in [0.15, 0.2) is 2.14 Å². The van der Waals surface area contributed by atoms with Gasteiger partial charge in [-0.05, 0) is 0 Å². The molecule has 0 aliphatic carbocycles. The number of hydrogen-bond donors (Lipinski definition) is 0. The van der Waals surface area contributed by atoms with E-state index in [2.05, 4.69) is 398 Å². The molecule has 0 saturated heterocycles. The molecular formula is C12Br25. The van der Waals surface area contributed by atoms with Gasteiger partial charge in [0.2, 0.25) is 0 Å². The average molecular weight is 2140 g/mol. The zero-order chi connectivity index (χ0) is 31.1. The van der Waals surface area contributed by atoms with E-state index in [1.165, 1.54) is 0 Å². The lowest BCUT2D eigenvalue weighted by atomic mass is 10.0.